The number of nitrogens with zero attached hydrogens (tertiary/aromatic N) is 5. The van der Waals surface area contributed by atoms with Crippen LogP contribution in [-0.4, -0.2) is 24.5 Å². The monoisotopic (exact) mass is 431 g/mol. The van der Waals surface area contributed by atoms with Crippen molar-refractivity contribution in [2.45, 2.75) is 104 Å². The Labute approximate surface area is 192 Å². The van der Waals surface area contributed by atoms with Crippen molar-refractivity contribution in [1.29, 1.82) is 0 Å². The molecule has 0 aromatic carbocycles. The Hall–Kier alpha value is -2.43. The van der Waals surface area contributed by atoms with Gasteiger partial charge in [-0.25, -0.2) is 4.98 Å². The van der Waals surface area contributed by atoms with Gasteiger partial charge in [-0.15, -0.1) is 0 Å². The molecule has 3 aromatic heterocycles. The zero-order valence-electron chi connectivity index (χ0n) is 20.6. The van der Waals surface area contributed by atoms with Crippen molar-refractivity contribution < 1.29 is 0 Å². The first-order valence-corrected chi connectivity index (χ1v) is 12.3. The molecular weight excluding hydrogens is 394 g/mol. The molecule has 0 spiro atoms. The average molecular weight is 432 g/mol. The molecule has 0 saturated heterocycles. The highest BCUT2D eigenvalue weighted by Crippen LogP contribution is 2.38. The molecule has 0 fully saturated rings. The number of hydrogen-bond acceptors (Lipinski definition) is 3. The minimum Gasteiger partial charge on any atom is -0.257 e. The lowest BCUT2D eigenvalue weighted by Gasteiger charge is -2.24. The summed E-state index contributed by atoms with van der Waals surface area (Å²) < 4.78 is 4.46. The van der Waals surface area contributed by atoms with Crippen LogP contribution in [0.4, 0.5) is 0 Å². The van der Waals surface area contributed by atoms with E-state index in [2.05, 4.69) is 69.1 Å². The van der Waals surface area contributed by atoms with Crippen LogP contribution in [0.1, 0.15) is 89.7 Å². The van der Waals surface area contributed by atoms with E-state index in [-0.39, 0.29) is 11.1 Å². The van der Waals surface area contributed by atoms with Crippen molar-refractivity contribution in [2.75, 3.05) is 0 Å². The van der Waals surface area contributed by atoms with Crippen molar-refractivity contribution in [3.8, 4) is 22.8 Å². The maximum absolute atomic E-state index is 5.30. The van der Waals surface area contributed by atoms with Crippen LogP contribution in [0.2, 0.25) is 0 Å². The van der Waals surface area contributed by atoms with E-state index >= 15 is 0 Å². The lowest BCUT2D eigenvalue weighted by Crippen LogP contribution is -2.25. The molecule has 0 amide bonds. The first-order valence-electron chi connectivity index (χ1n) is 12.3. The number of pyridine rings is 1. The maximum Gasteiger partial charge on any atom is 0.0907 e. The molecule has 0 bridgehead atoms. The molecule has 0 atom stereocenters. The number of hydrogen-bond donors (Lipinski definition) is 0. The third kappa shape index (κ3) is 3.60. The first kappa shape index (κ1) is 21.4. The van der Waals surface area contributed by atoms with Crippen LogP contribution in [0, 0.1) is 0 Å². The molecule has 5 heteroatoms. The van der Waals surface area contributed by atoms with Gasteiger partial charge >= 0.3 is 0 Å². The fourth-order valence-corrected chi connectivity index (χ4v) is 5.30. The molecular formula is C27H37N5. The smallest absolute Gasteiger partial charge is 0.0907 e. The summed E-state index contributed by atoms with van der Waals surface area (Å²) in [5.74, 6) is 0. The first-order chi connectivity index (χ1) is 15.1. The zero-order chi connectivity index (χ0) is 22.7. The largest absolute Gasteiger partial charge is 0.257 e. The number of aromatic nitrogens is 5. The SMILES string of the molecule is CC(C)(C)n1nc2c(c1-c1cccc(-c3c4c(nn3C(C)(C)C)CCCC4)n1)CCCC2. The van der Waals surface area contributed by atoms with Crippen molar-refractivity contribution in [1.82, 2.24) is 24.5 Å². The lowest BCUT2D eigenvalue weighted by atomic mass is 9.93. The Balaban J connectivity index is 1.71. The summed E-state index contributed by atoms with van der Waals surface area (Å²) in [6, 6.07) is 6.51. The molecule has 0 unspecified atom stereocenters. The summed E-state index contributed by atoms with van der Waals surface area (Å²) in [6.45, 7) is 13.4. The van der Waals surface area contributed by atoms with Gasteiger partial charge in [0.25, 0.3) is 0 Å². The molecule has 3 heterocycles. The molecule has 0 aliphatic heterocycles. The average Bonchev–Trinajstić information content (AvgIpc) is 3.33. The van der Waals surface area contributed by atoms with Gasteiger partial charge in [-0.05, 0) is 105 Å². The van der Waals surface area contributed by atoms with Gasteiger partial charge in [0.05, 0.1) is 45.2 Å². The lowest BCUT2D eigenvalue weighted by molar-refractivity contribution is 0.356. The van der Waals surface area contributed by atoms with Gasteiger partial charge in [0.2, 0.25) is 0 Å². The highest BCUT2D eigenvalue weighted by Gasteiger charge is 2.30. The van der Waals surface area contributed by atoms with E-state index in [0.29, 0.717) is 0 Å². The van der Waals surface area contributed by atoms with E-state index in [1.807, 2.05) is 0 Å². The third-order valence-corrected chi connectivity index (χ3v) is 6.82. The summed E-state index contributed by atoms with van der Waals surface area (Å²) in [5, 5.41) is 10.2. The molecule has 0 radical (unpaired) electrons. The van der Waals surface area contributed by atoms with Crippen LogP contribution in [0.15, 0.2) is 18.2 Å². The van der Waals surface area contributed by atoms with Crippen LogP contribution in [-0.2, 0) is 36.8 Å². The minimum atomic E-state index is -0.0866. The number of fused-ring (bicyclic) bond motifs is 2. The number of rotatable bonds is 2. The second kappa shape index (κ2) is 7.57. The van der Waals surface area contributed by atoms with Crippen molar-refractivity contribution in [3.63, 3.8) is 0 Å². The second-order valence-electron chi connectivity index (χ2n) is 11.5. The van der Waals surface area contributed by atoms with Crippen LogP contribution >= 0.6 is 0 Å². The Kier molecular flexibility index (Phi) is 5.06. The predicted octanol–water partition coefficient (Wildman–Crippen LogP) is 6.08. The summed E-state index contributed by atoms with van der Waals surface area (Å²) >= 11 is 0. The van der Waals surface area contributed by atoms with Crippen molar-refractivity contribution in [2.24, 2.45) is 0 Å². The van der Waals surface area contributed by atoms with E-state index in [0.717, 1.165) is 37.1 Å². The van der Waals surface area contributed by atoms with E-state index in [1.165, 1.54) is 59.6 Å². The minimum absolute atomic E-state index is 0.0866. The topological polar surface area (TPSA) is 48.5 Å². The Morgan fingerprint density at radius 2 is 1.03 bits per heavy atom. The normalized spacial score (nSPS) is 16.7. The standard InChI is InChI=1S/C27H37N5/c1-26(2,3)31-24(18-12-7-9-14-20(18)29-31)22-16-11-17-23(28-22)25-19-13-8-10-15-21(19)30-32(25)27(4,5)6/h11,16-17H,7-10,12-15H2,1-6H3. The van der Waals surface area contributed by atoms with E-state index in [4.69, 9.17) is 15.2 Å². The predicted molar refractivity (Wildman–Crippen MR) is 130 cm³/mol. The summed E-state index contributed by atoms with van der Waals surface area (Å²) in [6.07, 6.45) is 9.30. The maximum atomic E-state index is 5.30. The molecule has 5 nitrogen and oxygen atoms in total. The molecule has 0 N–H and O–H groups in total. The summed E-state index contributed by atoms with van der Waals surface area (Å²) in [5.41, 5.74) is 9.68. The van der Waals surface area contributed by atoms with Gasteiger partial charge in [0.1, 0.15) is 0 Å². The fraction of sp³-hybridized carbons (Fsp3) is 0.593. The Morgan fingerprint density at radius 3 is 1.44 bits per heavy atom. The number of aryl methyl sites for hydroxylation is 2. The van der Waals surface area contributed by atoms with E-state index < -0.39 is 0 Å². The molecule has 32 heavy (non-hydrogen) atoms. The van der Waals surface area contributed by atoms with Crippen LogP contribution in [0.3, 0.4) is 0 Å². The molecule has 170 valence electrons. The summed E-state index contributed by atoms with van der Waals surface area (Å²) in [4.78, 5) is 5.30. The molecule has 0 saturated carbocycles. The van der Waals surface area contributed by atoms with E-state index in [9.17, 15) is 0 Å². The second-order valence-corrected chi connectivity index (χ2v) is 11.5. The molecule has 2 aliphatic rings. The molecule has 2 aliphatic carbocycles. The van der Waals surface area contributed by atoms with Gasteiger partial charge in [-0.1, -0.05) is 6.07 Å². The van der Waals surface area contributed by atoms with Gasteiger partial charge in [0, 0.05) is 11.1 Å². The van der Waals surface area contributed by atoms with Gasteiger partial charge in [-0.2, -0.15) is 10.2 Å². The van der Waals surface area contributed by atoms with Crippen LogP contribution in [0.5, 0.6) is 0 Å². The van der Waals surface area contributed by atoms with Gasteiger partial charge < -0.3 is 0 Å². The zero-order valence-corrected chi connectivity index (χ0v) is 20.6. The Bertz CT molecular complexity index is 1060. The van der Waals surface area contributed by atoms with Crippen molar-refractivity contribution in [3.05, 3.63) is 40.7 Å². The van der Waals surface area contributed by atoms with Crippen molar-refractivity contribution >= 4 is 0 Å². The Morgan fingerprint density at radius 1 is 0.625 bits per heavy atom. The highest BCUT2D eigenvalue weighted by atomic mass is 15.3. The molecule has 3 aromatic rings. The quantitative estimate of drug-likeness (QED) is 0.494. The summed E-state index contributed by atoms with van der Waals surface area (Å²) in [7, 11) is 0. The van der Waals surface area contributed by atoms with Gasteiger partial charge in [-0.3, -0.25) is 9.36 Å². The van der Waals surface area contributed by atoms with Crippen LogP contribution in [0.25, 0.3) is 22.8 Å². The fourth-order valence-electron chi connectivity index (χ4n) is 5.30. The highest BCUT2D eigenvalue weighted by molar-refractivity contribution is 5.68. The van der Waals surface area contributed by atoms with E-state index in [1.54, 1.807) is 0 Å². The van der Waals surface area contributed by atoms with Gasteiger partial charge in [0.15, 0.2) is 0 Å². The molecule has 5 rings (SSSR count). The van der Waals surface area contributed by atoms with Crippen LogP contribution < -0.4 is 0 Å². The third-order valence-electron chi connectivity index (χ3n) is 6.82.